The number of hydrogen-bond donors (Lipinski definition) is 2. The Labute approximate surface area is 200 Å². The van der Waals surface area contributed by atoms with Crippen molar-refractivity contribution in [2.45, 2.75) is 40.2 Å². The zero-order valence-electron chi connectivity index (χ0n) is 19.3. The Morgan fingerprint density at radius 2 is 1.80 bits per heavy atom. The first-order chi connectivity index (χ1) is 14.2. The van der Waals surface area contributed by atoms with Gasteiger partial charge in [0.05, 0.1) is 7.11 Å². The number of rotatable bonds is 15. The minimum Gasteiger partial charge on any atom is -0.493 e. The minimum absolute atomic E-state index is 0. The molecule has 0 atom stereocenters. The van der Waals surface area contributed by atoms with E-state index in [-0.39, 0.29) is 24.0 Å². The van der Waals surface area contributed by atoms with Crippen LogP contribution in [-0.4, -0.2) is 71.0 Å². The van der Waals surface area contributed by atoms with Crippen LogP contribution in [0.2, 0.25) is 0 Å². The third-order valence-electron chi connectivity index (χ3n) is 4.68. The van der Waals surface area contributed by atoms with Gasteiger partial charge in [0.1, 0.15) is 6.61 Å². The second kappa shape index (κ2) is 18.5. The number of benzene rings is 1. The van der Waals surface area contributed by atoms with E-state index < -0.39 is 0 Å². The number of nitrogens with one attached hydrogen (secondary N) is 2. The van der Waals surface area contributed by atoms with Gasteiger partial charge in [0.2, 0.25) is 0 Å². The summed E-state index contributed by atoms with van der Waals surface area (Å²) >= 11 is 0. The van der Waals surface area contributed by atoms with E-state index in [0.29, 0.717) is 13.2 Å². The number of hydrogen-bond acceptors (Lipinski definition) is 5. The first kappa shape index (κ1) is 28.7. The van der Waals surface area contributed by atoms with Crippen LogP contribution >= 0.6 is 24.0 Å². The molecule has 0 unspecified atom stereocenters. The Kier molecular flexibility index (Phi) is 17.7. The van der Waals surface area contributed by atoms with Gasteiger partial charge in [-0.3, -0.25) is 4.99 Å². The molecule has 0 spiro atoms. The lowest BCUT2D eigenvalue weighted by Gasteiger charge is -2.19. The van der Waals surface area contributed by atoms with Crippen LogP contribution in [0.3, 0.4) is 0 Å². The fourth-order valence-electron chi connectivity index (χ4n) is 2.85. The van der Waals surface area contributed by atoms with Crippen LogP contribution in [0.4, 0.5) is 0 Å². The summed E-state index contributed by atoms with van der Waals surface area (Å²) in [4.78, 5) is 6.61. The van der Waals surface area contributed by atoms with Crippen LogP contribution < -0.4 is 20.1 Å². The molecule has 8 heteroatoms. The number of methoxy groups -OCH3 is 1. The SMILES string of the molecule is CCOCCCCNC(=NC)NCc1ccc(OCCN(CC)CC)c(OC)c1.I. The van der Waals surface area contributed by atoms with Gasteiger partial charge in [-0.05, 0) is 50.6 Å². The number of aliphatic imine (C=N–C) groups is 1. The number of unbranched alkanes of at least 4 members (excludes halogenated alkanes) is 1. The molecule has 1 aromatic carbocycles. The molecule has 0 radical (unpaired) electrons. The van der Waals surface area contributed by atoms with Crippen LogP contribution in [0, 0.1) is 0 Å². The van der Waals surface area contributed by atoms with Gasteiger partial charge in [-0.25, -0.2) is 0 Å². The molecule has 0 amide bonds. The molecule has 0 saturated heterocycles. The second-order valence-electron chi connectivity index (χ2n) is 6.62. The van der Waals surface area contributed by atoms with Crippen molar-refractivity contribution < 1.29 is 14.2 Å². The van der Waals surface area contributed by atoms with Crippen molar-refractivity contribution in [2.75, 3.05) is 60.2 Å². The molecule has 0 aliphatic heterocycles. The summed E-state index contributed by atoms with van der Waals surface area (Å²) < 4.78 is 16.8. The Morgan fingerprint density at radius 1 is 1.03 bits per heavy atom. The molecule has 0 fully saturated rings. The number of ether oxygens (including phenoxy) is 3. The van der Waals surface area contributed by atoms with Crippen LogP contribution in [0.1, 0.15) is 39.2 Å². The van der Waals surface area contributed by atoms with Crippen molar-refractivity contribution in [3.63, 3.8) is 0 Å². The third kappa shape index (κ3) is 11.8. The number of halogens is 1. The molecule has 1 aromatic rings. The summed E-state index contributed by atoms with van der Waals surface area (Å²) in [6.45, 7) is 13.1. The highest BCUT2D eigenvalue weighted by molar-refractivity contribution is 14.0. The molecule has 0 bridgehead atoms. The molecule has 0 saturated carbocycles. The lowest BCUT2D eigenvalue weighted by atomic mass is 10.2. The lowest BCUT2D eigenvalue weighted by molar-refractivity contribution is 0.143. The maximum atomic E-state index is 5.92. The predicted octanol–water partition coefficient (Wildman–Crippen LogP) is 3.52. The number of guanidine groups is 1. The second-order valence-corrected chi connectivity index (χ2v) is 6.62. The monoisotopic (exact) mass is 536 g/mol. The van der Waals surface area contributed by atoms with Crippen molar-refractivity contribution in [3.8, 4) is 11.5 Å². The van der Waals surface area contributed by atoms with Gasteiger partial charge in [-0.1, -0.05) is 19.9 Å². The Hall–Kier alpha value is -1.26. The lowest BCUT2D eigenvalue weighted by Crippen LogP contribution is -2.37. The van der Waals surface area contributed by atoms with Crippen molar-refractivity contribution in [1.82, 2.24) is 15.5 Å². The highest BCUT2D eigenvalue weighted by Gasteiger charge is 2.08. The standard InChI is InChI=1S/C22H40N4O3.HI/c1-6-26(7-2)14-16-29-20-12-11-19(17-21(20)27-5)18-25-22(23-4)24-13-9-10-15-28-8-3;/h11-12,17H,6-10,13-16,18H2,1-5H3,(H2,23,24,25);1H. The average molecular weight is 536 g/mol. The highest BCUT2D eigenvalue weighted by Crippen LogP contribution is 2.28. The molecule has 174 valence electrons. The van der Waals surface area contributed by atoms with Crippen molar-refractivity contribution in [3.05, 3.63) is 23.8 Å². The van der Waals surface area contributed by atoms with Gasteiger partial charge < -0.3 is 29.7 Å². The minimum atomic E-state index is 0. The van der Waals surface area contributed by atoms with E-state index in [4.69, 9.17) is 14.2 Å². The maximum Gasteiger partial charge on any atom is 0.191 e. The molecule has 30 heavy (non-hydrogen) atoms. The van der Waals surface area contributed by atoms with E-state index in [0.717, 1.165) is 75.3 Å². The summed E-state index contributed by atoms with van der Waals surface area (Å²) in [5, 5.41) is 6.67. The summed E-state index contributed by atoms with van der Waals surface area (Å²) in [7, 11) is 3.45. The van der Waals surface area contributed by atoms with Gasteiger partial charge in [0.15, 0.2) is 17.5 Å². The normalized spacial score (nSPS) is 11.2. The number of likely N-dealkylation sites (N-methyl/N-ethyl adjacent to an activating group) is 1. The van der Waals surface area contributed by atoms with Crippen molar-refractivity contribution >= 4 is 29.9 Å². The van der Waals surface area contributed by atoms with E-state index in [2.05, 4.69) is 40.4 Å². The maximum absolute atomic E-state index is 5.92. The summed E-state index contributed by atoms with van der Waals surface area (Å²) in [6.07, 6.45) is 2.10. The first-order valence-corrected chi connectivity index (χ1v) is 10.7. The van der Waals surface area contributed by atoms with Crippen molar-refractivity contribution in [2.24, 2.45) is 4.99 Å². The Bertz CT molecular complexity index is 584. The van der Waals surface area contributed by atoms with Crippen LogP contribution in [0.5, 0.6) is 11.5 Å². The van der Waals surface area contributed by atoms with Crippen LogP contribution in [-0.2, 0) is 11.3 Å². The zero-order chi connectivity index (χ0) is 21.3. The molecule has 0 heterocycles. The van der Waals surface area contributed by atoms with Crippen LogP contribution in [0.15, 0.2) is 23.2 Å². The largest absolute Gasteiger partial charge is 0.493 e. The van der Waals surface area contributed by atoms with E-state index in [1.165, 1.54) is 0 Å². The van der Waals surface area contributed by atoms with Gasteiger partial charge in [0, 0.05) is 39.9 Å². The van der Waals surface area contributed by atoms with E-state index in [1.54, 1.807) is 14.2 Å². The highest BCUT2D eigenvalue weighted by atomic mass is 127. The van der Waals surface area contributed by atoms with Gasteiger partial charge in [-0.15, -0.1) is 24.0 Å². The molecule has 1 rings (SSSR count). The summed E-state index contributed by atoms with van der Waals surface area (Å²) in [5.41, 5.74) is 1.11. The molecule has 0 aliphatic rings. The first-order valence-electron chi connectivity index (χ1n) is 10.7. The van der Waals surface area contributed by atoms with E-state index in [9.17, 15) is 0 Å². The predicted molar refractivity (Wildman–Crippen MR) is 136 cm³/mol. The third-order valence-corrected chi connectivity index (χ3v) is 4.68. The molecule has 2 N–H and O–H groups in total. The zero-order valence-corrected chi connectivity index (χ0v) is 21.7. The van der Waals surface area contributed by atoms with E-state index >= 15 is 0 Å². The molecule has 7 nitrogen and oxygen atoms in total. The van der Waals surface area contributed by atoms with Gasteiger partial charge in [-0.2, -0.15) is 0 Å². The fourth-order valence-corrected chi connectivity index (χ4v) is 2.85. The summed E-state index contributed by atoms with van der Waals surface area (Å²) in [6, 6.07) is 6.04. The van der Waals surface area contributed by atoms with Crippen molar-refractivity contribution in [1.29, 1.82) is 0 Å². The smallest absolute Gasteiger partial charge is 0.191 e. The molecular formula is C22H41IN4O3. The van der Waals surface area contributed by atoms with Crippen LogP contribution in [0.25, 0.3) is 0 Å². The molecular weight excluding hydrogens is 495 g/mol. The Balaban J connectivity index is 0.00000841. The van der Waals surface area contributed by atoms with E-state index in [1.807, 2.05) is 19.1 Å². The average Bonchev–Trinajstić information content (AvgIpc) is 2.76. The fraction of sp³-hybridized carbons (Fsp3) is 0.682. The number of nitrogens with zero attached hydrogens (tertiary/aromatic N) is 2. The summed E-state index contributed by atoms with van der Waals surface area (Å²) in [5.74, 6) is 2.32. The van der Waals surface area contributed by atoms with Gasteiger partial charge in [0.25, 0.3) is 0 Å². The molecule has 0 aliphatic carbocycles. The molecule has 0 aromatic heterocycles. The Morgan fingerprint density at radius 3 is 2.43 bits per heavy atom. The topological polar surface area (TPSA) is 67.3 Å². The quantitative estimate of drug-likeness (QED) is 0.155. The van der Waals surface area contributed by atoms with Gasteiger partial charge >= 0.3 is 0 Å².